The monoisotopic (exact) mass is 412 g/mol. The Morgan fingerprint density at radius 2 is 2.00 bits per heavy atom. The number of rotatable bonds is 5. The van der Waals surface area contributed by atoms with Gasteiger partial charge in [-0.2, -0.15) is 5.10 Å². The number of H-pyrrole nitrogens is 1. The number of hydrogen-bond donors (Lipinski definition) is 2. The summed E-state index contributed by atoms with van der Waals surface area (Å²) in [5.74, 6) is 0.565. The molecule has 0 unspecified atom stereocenters. The first-order chi connectivity index (χ1) is 14.5. The van der Waals surface area contributed by atoms with Gasteiger partial charge in [0.25, 0.3) is 0 Å². The lowest BCUT2D eigenvalue weighted by atomic mass is 10.0. The number of benzene rings is 2. The van der Waals surface area contributed by atoms with Gasteiger partial charge in [0.15, 0.2) is 0 Å². The Morgan fingerprint density at radius 1 is 1.27 bits per heavy atom. The van der Waals surface area contributed by atoms with Crippen molar-refractivity contribution in [3.05, 3.63) is 64.6 Å². The van der Waals surface area contributed by atoms with Gasteiger partial charge in [-0.05, 0) is 47.7 Å². The van der Waals surface area contributed by atoms with Gasteiger partial charge in [-0.1, -0.05) is 18.2 Å². The third kappa shape index (κ3) is 3.78. The summed E-state index contributed by atoms with van der Waals surface area (Å²) in [6, 6.07) is 11.9. The molecule has 1 fully saturated rings. The zero-order valence-electron chi connectivity index (χ0n) is 16.3. The van der Waals surface area contributed by atoms with Crippen LogP contribution < -0.4 is 10.4 Å². The second-order valence-corrected chi connectivity index (χ2v) is 7.26. The molecule has 1 amide bonds. The fraction of sp³-hybridized carbons (Fsp3) is 0.286. The number of likely N-dealkylation sites (tertiary alicyclic amines) is 1. The Kier molecular flexibility index (Phi) is 5.26. The molecule has 4 rings (SSSR count). The number of ether oxygens (including phenoxy) is 1. The lowest BCUT2D eigenvalue weighted by molar-refractivity contribution is 0.154. The quantitative estimate of drug-likeness (QED) is 0.671. The van der Waals surface area contributed by atoms with E-state index in [1.807, 2.05) is 12.1 Å². The lowest BCUT2D eigenvalue weighted by Crippen LogP contribution is -2.27. The van der Waals surface area contributed by atoms with Crippen LogP contribution in [0.5, 0.6) is 5.75 Å². The van der Waals surface area contributed by atoms with Crippen LogP contribution >= 0.6 is 0 Å². The van der Waals surface area contributed by atoms with Crippen LogP contribution in [0.1, 0.15) is 12.2 Å². The van der Waals surface area contributed by atoms with Crippen molar-refractivity contribution in [3.8, 4) is 22.6 Å². The van der Waals surface area contributed by atoms with E-state index in [1.54, 1.807) is 31.4 Å². The van der Waals surface area contributed by atoms with Crippen molar-refractivity contribution in [2.45, 2.75) is 12.8 Å². The Labute approximate surface area is 171 Å². The van der Waals surface area contributed by atoms with E-state index in [-0.39, 0.29) is 11.6 Å². The summed E-state index contributed by atoms with van der Waals surface area (Å²) in [5.41, 5.74) is 1.06. The molecular weight excluding hydrogens is 391 g/mol. The number of halogens is 1. The highest BCUT2D eigenvalue weighted by Gasteiger charge is 2.28. The highest BCUT2D eigenvalue weighted by molar-refractivity contribution is 5.66. The van der Waals surface area contributed by atoms with Crippen LogP contribution in [0.2, 0.25) is 0 Å². The molecule has 1 aliphatic heterocycles. The third-order valence-electron chi connectivity index (χ3n) is 5.38. The van der Waals surface area contributed by atoms with Gasteiger partial charge in [0, 0.05) is 19.5 Å². The number of hydrogen-bond acceptors (Lipinski definition) is 4. The van der Waals surface area contributed by atoms with Gasteiger partial charge in [0.05, 0.1) is 12.8 Å². The molecule has 1 atom stereocenters. The van der Waals surface area contributed by atoms with E-state index in [2.05, 4.69) is 10.2 Å². The van der Waals surface area contributed by atoms with E-state index in [0.717, 1.165) is 5.56 Å². The highest BCUT2D eigenvalue weighted by atomic mass is 19.1. The van der Waals surface area contributed by atoms with Gasteiger partial charge in [-0.25, -0.2) is 23.6 Å². The van der Waals surface area contributed by atoms with Crippen LogP contribution in [0.25, 0.3) is 16.8 Å². The van der Waals surface area contributed by atoms with Crippen LogP contribution in [-0.4, -0.2) is 51.1 Å². The van der Waals surface area contributed by atoms with Crippen LogP contribution in [0.4, 0.5) is 9.18 Å². The van der Waals surface area contributed by atoms with E-state index in [9.17, 15) is 14.0 Å². The zero-order chi connectivity index (χ0) is 21.3. The second-order valence-electron chi connectivity index (χ2n) is 7.26. The van der Waals surface area contributed by atoms with Crippen LogP contribution in [0, 0.1) is 11.7 Å². The number of nitrogens with one attached hydrogen (secondary N) is 1. The molecule has 156 valence electrons. The molecule has 1 aliphatic rings. The summed E-state index contributed by atoms with van der Waals surface area (Å²) in [6.45, 7) is 0.814. The Balaban J connectivity index is 1.60. The molecule has 2 heterocycles. The molecule has 0 aliphatic carbocycles. The number of aromatic amines is 1. The summed E-state index contributed by atoms with van der Waals surface area (Å²) in [7, 11) is 1.58. The molecule has 1 aromatic heterocycles. The minimum atomic E-state index is -0.961. The number of amides is 1. The zero-order valence-corrected chi connectivity index (χ0v) is 16.3. The summed E-state index contributed by atoms with van der Waals surface area (Å²) in [6.07, 6.45) is 0.0890. The predicted molar refractivity (Wildman–Crippen MR) is 108 cm³/mol. The Bertz CT molecular complexity index is 1120. The Hall–Kier alpha value is -3.62. The van der Waals surface area contributed by atoms with Gasteiger partial charge in [-0.3, -0.25) is 0 Å². The number of carboxylic acid groups (broad SMARTS) is 1. The van der Waals surface area contributed by atoms with Crippen molar-refractivity contribution >= 4 is 6.09 Å². The van der Waals surface area contributed by atoms with Gasteiger partial charge >= 0.3 is 11.8 Å². The largest absolute Gasteiger partial charge is 0.497 e. The molecule has 30 heavy (non-hydrogen) atoms. The lowest BCUT2D eigenvalue weighted by Gasteiger charge is -2.13. The van der Waals surface area contributed by atoms with Crippen LogP contribution in [0.3, 0.4) is 0 Å². The van der Waals surface area contributed by atoms with Gasteiger partial charge < -0.3 is 14.7 Å². The smallest absolute Gasteiger partial charge is 0.407 e. The summed E-state index contributed by atoms with van der Waals surface area (Å²) in [4.78, 5) is 24.8. The normalized spacial score (nSPS) is 16.1. The van der Waals surface area contributed by atoms with Crippen molar-refractivity contribution in [1.29, 1.82) is 0 Å². The van der Waals surface area contributed by atoms with Gasteiger partial charge in [0.2, 0.25) is 0 Å². The second kappa shape index (κ2) is 8.02. The van der Waals surface area contributed by atoms with E-state index in [4.69, 9.17) is 9.84 Å². The number of nitrogens with zero attached hydrogens (tertiary/aromatic N) is 3. The van der Waals surface area contributed by atoms with E-state index in [1.165, 1.54) is 15.5 Å². The standard InChI is InChI=1S/C21H21FN4O4/c1-30-16-5-2-14(3-6-16)15-4-7-18(17(22)11-15)26-19(23-24-20(26)27)10-13-8-9-25(12-13)21(28)29/h2-7,11,13H,8-10,12H2,1H3,(H,24,27)(H,28,29)/t13-/m0/s1. The molecule has 2 N–H and O–H groups in total. The fourth-order valence-electron chi connectivity index (χ4n) is 3.80. The molecule has 0 saturated carbocycles. The van der Waals surface area contributed by atoms with Crippen molar-refractivity contribution in [2.75, 3.05) is 20.2 Å². The summed E-state index contributed by atoms with van der Waals surface area (Å²) < 4.78 is 21.3. The highest BCUT2D eigenvalue weighted by Crippen LogP contribution is 2.26. The minimum Gasteiger partial charge on any atom is -0.497 e. The first-order valence-electron chi connectivity index (χ1n) is 9.55. The van der Waals surface area contributed by atoms with Crippen molar-refractivity contribution < 1.29 is 19.0 Å². The predicted octanol–water partition coefficient (Wildman–Crippen LogP) is 2.92. The third-order valence-corrected chi connectivity index (χ3v) is 5.38. The molecule has 0 spiro atoms. The molecule has 9 heteroatoms. The van der Waals surface area contributed by atoms with E-state index in [0.29, 0.717) is 43.1 Å². The molecule has 1 saturated heterocycles. The first-order valence-corrected chi connectivity index (χ1v) is 9.55. The average Bonchev–Trinajstić information content (AvgIpc) is 3.35. The number of carbonyl (C=O) groups is 1. The first kappa shape index (κ1) is 19.7. The maximum absolute atomic E-state index is 15.0. The van der Waals surface area contributed by atoms with Gasteiger partial charge in [0.1, 0.15) is 17.4 Å². The average molecular weight is 412 g/mol. The molecule has 8 nitrogen and oxygen atoms in total. The maximum atomic E-state index is 15.0. The maximum Gasteiger partial charge on any atom is 0.407 e. The minimum absolute atomic E-state index is 0.0247. The summed E-state index contributed by atoms with van der Waals surface area (Å²) in [5, 5.41) is 15.5. The molecule has 0 radical (unpaired) electrons. The number of aromatic nitrogens is 3. The fourth-order valence-corrected chi connectivity index (χ4v) is 3.80. The molecule has 3 aromatic rings. The SMILES string of the molecule is COc1ccc(-c2ccc(-n3c(C[C@@H]4CCN(C(=O)O)C4)n[nH]c3=O)c(F)c2)cc1. The van der Waals surface area contributed by atoms with E-state index >= 15 is 0 Å². The molecular formula is C21H21FN4O4. The Morgan fingerprint density at radius 3 is 2.63 bits per heavy atom. The molecule has 0 bridgehead atoms. The number of methoxy groups -OCH3 is 1. The van der Waals surface area contributed by atoms with Crippen molar-refractivity contribution in [2.24, 2.45) is 5.92 Å². The van der Waals surface area contributed by atoms with Crippen LogP contribution in [-0.2, 0) is 6.42 Å². The molecule has 2 aromatic carbocycles. The van der Waals surface area contributed by atoms with E-state index < -0.39 is 17.6 Å². The van der Waals surface area contributed by atoms with Crippen molar-refractivity contribution in [3.63, 3.8) is 0 Å². The summed E-state index contributed by atoms with van der Waals surface area (Å²) >= 11 is 0. The van der Waals surface area contributed by atoms with Crippen molar-refractivity contribution in [1.82, 2.24) is 19.7 Å². The van der Waals surface area contributed by atoms with Gasteiger partial charge in [-0.15, -0.1) is 0 Å². The van der Waals surface area contributed by atoms with Crippen LogP contribution in [0.15, 0.2) is 47.3 Å². The topological polar surface area (TPSA) is 100 Å².